The lowest BCUT2D eigenvalue weighted by molar-refractivity contribution is -0.146. The molecule has 2 rings (SSSR count). The van der Waals surface area contributed by atoms with Crippen molar-refractivity contribution >= 4 is 28.9 Å². The highest BCUT2D eigenvalue weighted by Crippen LogP contribution is 2.32. The molecule has 1 aliphatic rings. The van der Waals surface area contributed by atoms with Crippen LogP contribution in [0.4, 0.5) is 0 Å². The molecule has 0 saturated carbocycles. The summed E-state index contributed by atoms with van der Waals surface area (Å²) in [7, 11) is 0. The highest BCUT2D eigenvalue weighted by molar-refractivity contribution is 6.29. The molecule has 19 heavy (non-hydrogen) atoms. The maximum Gasteiger partial charge on any atom is 0.313 e. The highest BCUT2D eigenvalue weighted by Gasteiger charge is 2.29. The Labute approximate surface area is 116 Å². The van der Waals surface area contributed by atoms with Crippen LogP contribution in [0.5, 0.6) is 0 Å². The van der Waals surface area contributed by atoms with E-state index in [1.165, 1.54) is 6.08 Å². The van der Waals surface area contributed by atoms with E-state index < -0.39 is 5.92 Å². The van der Waals surface area contributed by atoms with Crippen LogP contribution in [0.15, 0.2) is 24.4 Å². The first-order valence-electron chi connectivity index (χ1n) is 6.14. The zero-order valence-electron chi connectivity index (χ0n) is 10.6. The summed E-state index contributed by atoms with van der Waals surface area (Å²) < 4.78 is 5.05. The fourth-order valence-electron chi connectivity index (χ4n) is 2.11. The van der Waals surface area contributed by atoms with Gasteiger partial charge in [-0.3, -0.25) is 9.59 Å². The largest absolute Gasteiger partial charge is 0.466 e. The summed E-state index contributed by atoms with van der Waals surface area (Å²) in [6, 6.07) is 3.39. The zero-order chi connectivity index (χ0) is 13.8. The lowest BCUT2D eigenvalue weighted by Crippen LogP contribution is -2.23. The summed E-state index contributed by atoms with van der Waals surface area (Å²) in [6.07, 6.45) is 3.93. The Morgan fingerprint density at radius 1 is 1.53 bits per heavy atom. The summed E-state index contributed by atoms with van der Waals surface area (Å²) in [5, 5.41) is 0.374. The van der Waals surface area contributed by atoms with Gasteiger partial charge in [0, 0.05) is 12.6 Å². The fraction of sp³-hybridized carbons (Fsp3) is 0.357. The van der Waals surface area contributed by atoms with Crippen LogP contribution in [-0.4, -0.2) is 23.3 Å². The number of aromatic nitrogens is 1. The van der Waals surface area contributed by atoms with Gasteiger partial charge in [-0.15, -0.1) is 0 Å². The topological polar surface area (TPSA) is 56.3 Å². The second kappa shape index (κ2) is 5.97. The first-order valence-corrected chi connectivity index (χ1v) is 6.52. The van der Waals surface area contributed by atoms with Crippen LogP contribution in [-0.2, 0) is 14.3 Å². The van der Waals surface area contributed by atoms with E-state index in [1.54, 1.807) is 25.3 Å². The number of carbonyl (C=O) groups excluding carboxylic acids is 2. The quantitative estimate of drug-likeness (QED) is 0.630. The van der Waals surface area contributed by atoms with Crippen LogP contribution in [0.1, 0.15) is 25.3 Å². The van der Waals surface area contributed by atoms with Crippen LogP contribution in [0.25, 0.3) is 5.57 Å². The number of esters is 1. The van der Waals surface area contributed by atoms with Gasteiger partial charge in [0.15, 0.2) is 5.78 Å². The van der Waals surface area contributed by atoms with Gasteiger partial charge in [0.1, 0.15) is 5.15 Å². The van der Waals surface area contributed by atoms with Crippen molar-refractivity contribution in [3.05, 3.63) is 35.1 Å². The molecule has 1 heterocycles. The smallest absolute Gasteiger partial charge is 0.313 e. The van der Waals surface area contributed by atoms with Crippen molar-refractivity contribution in [3.63, 3.8) is 0 Å². The molecule has 1 aromatic rings. The molecule has 0 N–H and O–H groups in total. The molecule has 4 nitrogen and oxygen atoms in total. The number of carbonyl (C=O) groups is 2. The van der Waals surface area contributed by atoms with Crippen molar-refractivity contribution in [2.45, 2.75) is 19.8 Å². The van der Waals surface area contributed by atoms with E-state index in [0.29, 0.717) is 30.2 Å². The summed E-state index contributed by atoms with van der Waals surface area (Å²) >= 11 is 5.74. The van der Waals surface area contributed by atoms with Gasteiger partial charge < -0.3 is 4.74 Å². The maximum absolute atomic E-state index is 11.9. The normalized spacial score (nSPS) is 18.9. The van der Waals surface area contributed by atoms with E-state index >= 15 is 0 Å². The Kier molecular flexibility index (Phi) is 4.32. The number of ether oxygens (including phenoxy) is 1. The first-order chi connectivity index (χ1) is 9.11. The molecule has 1 aromatic heterocycles. The SMILES string of the molecule is CCOC(=O)[C@H]1CCC(=O)C=C1c1ccc(Cl)nc1. The molecule has 0 amide bonds. The molecule has 100 valence electrons. The number of halogens is 1. The molecule has 1 aliphatic carbocycles. The second-order valence-electron chi connectivity index (χ2n) is 4.28. The van der Waals surface area contributed by atoms with Gasteiger partial charge in [-0.1, -0.05) is 17.7 Å². The Balaban J connectivity index is 2.34. The van der Waals surface area contributed by atoms with Gasteiger partial charge in [0.25, 0.3) is 0 Å². The molecule has 0 bridgehead atoms. The first kappa shape index (κ1) is 13.7. The fourth-order valence-corrected chi connectivity index (χ4v) is 2.22. The number of hydrogen-bond acceptors (Lipinski definition) is 4. The van der Waals surface area contributed by atoms with E-state index in [9.17, 15) is 9.59 Å². The van der Waals surface area contributed by atoms with Crippen LogP contribution >= 0.6 is 11.6 Å². The van der Waals surface area contributed by atoms with Crippen molar-refractivity contribution in [3.8, 4) is 0 Å². The summed E-state index contributed by atoms with van der Waals surface area (Å²) in [5.41, 5.74) is 1.40. The van der Waals surface area contributed by atoms with Crippen LogP contribution in [0.3, 0.4) is 0 Å². The molecule has 5 heteroatoms. The van der Waals surface area contributed by atoms with Crippen LogP contribution in [0, 0.1) is 5.92 Å². The second-order valence-corrected chi connectivity index (χ2v) is 4.67. The van der Waals surface area contributed by atoms with Gasteiger partial charge in [0.2, 0.25) is 0 Å². The minimum Gasteiger partial charge on any atom is -0.466 e. The lowest BCUT2D eigenvalue weighted by Gasteiger charge is -2.22. The predicted molar refractivity (Wildman–Crippen MR) is 71.6 cm³/mol. The summed E-state index contributed by atoms with van der Waals surface area (Å²) in [5.74, 6) is -0.678. The number of allylic oxidation sites excluding steroid dienone is 1. The molecule has 0 aliphatic heterocycles. The summed E-state index contributed by atoms with van der Waals surface area (Å²) in [4.78, 5) is 27.5. The van der Waals surface area contributed by atoms with Gasteiger partial charge in [0.05, 0.1) is 12.5 Å². The van der Waals surface area contributed by atoms with Crippen molar-refractivity contribution in [2.24, 2.45) is 5.92 Å². The third kappa shape index (κ3) is 3.20. The average Bonchev–Trinajstić information content (AvgIpc) is 2.39. The number of nitrogens with zero attached hydrogens (tertiary/aromatic N) is 1. The van der Waals surface area contributed by atoms with Crippen molar-refractivity contribution in [2.75, 3.05) is 6.61 Å². The van der Waals surface area contributed by atoms with Gasteiger partial charge in [-0.25, -0.2) is 4.98 Å². The van der Waals surface area contributed by atoms with Gasteiger partial charge in [-0.05, 0) is 36.6 Å². The molecule has 1 atom stereocenters. The Hall–Kier alpha value is -1.68. The minimum absolute atomic E-state index is 0.0190. The van der Waals surface area contributed by atoms with Gasteiger partial charge in [-0.2, -0.15) is 0 Å². The van der Waals surface area contributed by atoms with E-state index in [2.05, 4.69) is 4.98 Å². The molecular formula is C14H14ClNO3. The van der Waals surface area contributed by atoms with E-state index in [4.69, 9.17) is 16.3 Å². The molecular weight excluding hydrogens is 266 g/mol. The van der Waals surface area contributed by atoms with Crippen molar-refractivity contribution in [1.82, 2.24) is 4.98 Å². The maximum atomic E-state index is 11.9. The van der Waals surface area contributed by atoms with Crippen LogP contribution in [0.2, 0.25) is 5.15 Å². The summed E-state index contributed by atoms with van der Waals surface area (Å²) in [6.45, 7) is 2.09. The van der Waals surface area contributed by atoms with Crippen molar-refractivity contribution < 1.29 is 14.3 Å². The van der Waals surface area contributed by atoms with Crippen LogP contribution < -0.4 is 0 Å². The lowest BCUT2D eigenvalue weighted by atomic mass is 9.84. The monoisotopic (exact) mass is 279 g/mol. The Morgan fingerprint density at radius 2 is 2.32 bits per heavy atom. The standard InChI is InChI=1S/C14H14ClNO3/c1-2-19-14(18)11-5-4-10(17)7-12(11)9-3-6-13(15)16-8-9/h3,6-8,11H,2,4-5H2,1H3/t11-/m0/s1. The van der Waals surface area contributed by atoms with Crippen molar-refractivity contribution in [1.29, 1.82) is 0 Å². The highest BCUT2D eigenvalue weighted by atomic mass is 35.5. The predicted octanol–water partition coefficient (Wildman–Crippen LogP) is 2.66. The van der Waals surface area contributed by atoms with E-state index in [0.717, 1.165) is 5.56 Å². The van der Waals surface area contributed by atoms with Gasteiger partial charge >= 0.3 is 5.97 Å². The van der Waals surface area contributed by atoms with E-state index in [1.807, 2.05) is 0 Å². The molecule has 0 fully saturated rings. The molecule has 0 aromatic carbocycles. The number of ketones is 1. The zero-order valence-corrected chi connectivity index (χ0v) is 11.3. The third-order valence-electron chi connectivity index (χ3n) is 3.00. The minimum atomic E-state index is -0.402. The molecule has 0 unspecified atom stereocenters. The molecule has 0 spiro atoms. The number of rotatable bonds is 3. The third-order valence-corrected chi connectivity index (χ3v) is 3.23. The Bertz CT molecular complexity index is 522. The molecule has 0 radical (unpaired) electrons. The Morgan fingerprint density at radius 3 is 2.95 bits per heavy atom. The number of pyridine rings is 1. The molecule has 0 saturated heterocycles. The average molecular weight is 280 g/mol. The van der Waals surface area contributed by atoms with E-state index in [-0.39, 0.29) is 11.8 Å². The number of hydrogen-bond donors (Lipinski definition) is 0.